The standard InChI is InChI=1S/C18H27N3O2/c1-14(2)11-15-4-6-21(13-15)16-3-5-19-17(12-16)18(22)20-7-9-23-10-8-20/h3,5,12,14-15H,4,6-11,13H2,1-2H3. The normalized spacial score (nSPS) is 22.0. The number of hydrogen-bond acceptors (Lipinski definition) is 4. The summed E-state index contributed by atoms with van der Waals surface area (Å²) in [6.07, 6.45) is 4.28. The average molecular weight is 317 g/mol. The van der Waals surface area contributed by atoms with E-state index in [0.717, 1.165) is 30.6 Å². The molecule has 2 fully saturated rings. The topological polar surface area (TPSA) is 45.7 Å². The van der Waals surface area contributed by atoms with E-state index < -0.39 is 0 Å². The number of pyridine rings is 1. The summed E-state index contributed by atoms with van der Waals surface area (Å²) < 4.78 is 5.31. The van der Waals surface area contributed by atoms with Gasteiger partial charge in [-0.2, -0.15) is 0 Å². The number of nitrogens with zero attached hydrogens (tertiary/aromatic N) is 3. The monoisotopic (exact) mass is 317 g/mol. The van der Waals surface area contributed by atoms with Crippen molar-refractivity contribution < 1.29 is 9.53 Å². The van der Waals surface area contributed by atoms with Crippen molar-refractivity contribution >= 4 is 11.6 Å². The van der Waals surface area contributed by atoms with E-state index in [-0.39, 0.29) is 5.91 Å². The Labute approximate surface area is 138 Å². The Kier molecular flexibility index (Phi) is 5.16. The van der Waals surface area contributed by atoms with Crippen LogP contribution in [-0.2, 0) is 4.74 Å². The molecule has 0 radical (unpaired) electrons. The second-order valence-corrected chi connectivity index (χ2v) is 7.03. The maximum atomic E-state index is 12.6. The van der Waals surface area contributed by atoms with Crippen molar-refractivity contribution in [3.8, 4) is 0 Å². The molecule has 0 bridgehead atoms. The van der Waals surface area contributed by atoms with Crippen molar-refractivity contribution in [2.75, 3.05) is 44.3 Å². The van der Waals surface area contributed by atoms with E-state index in [2.05, 4.69) is 23.7 Å². The van der Waals surface area contributed by atoms with E-state index in [1.54, 1.807) is 6.20 Å². The predicted molar refractivity (Wildman–Crippen MR) is 90.7 cm³/mol. The van der Waals surface area contributed by atoms with Crippen LogP contribution in [0.1, 0.15) is 37.2 Å². The van der Waals surface area contributed by atoms with Crippen molar-refractivity contribution in [1.29, 1.82) is 0 Å². The van der Waals surface area contributed by atoms with Crippen LogP contribution >= 0.6 is 0 Å². The highest BCUT2D eigenvalue weighted by Crippen LogP contribution is 2.28. The van der Waals surface area contributed by atoms with Crippen molar-refractivity contribution in [3.63, 3.8) is 0 Å². The quantitative estimate of drug-likeness (QED) is 0.855. The predicted octanol–water partition coefficient (Wildman–Crippen LogP) is 2.43. The van der Waals surface area contributed by atoms with E-state index in [0.29, 0.717) is 32.0 Å². The molecule has 2 saturated heterocycles. The number of aromatic nitrogens is 1. The number of ether oxygens (including phenoxy) is 1. The molecule has 3 heterocycles. The first-order chi connectivity index (χ1) is 11.1. The van der Waals surface area contributed by atoms with Gasteiger partial charge in [-0.15, -0.1) is 0 Å². The number of rotatable bonds is 4. The third-order valence-electron chi connectivity index (χ3n) is 4.72. The fourth-order valence-electron chi connectivity index (χ4n) is 3.59. The molecule has 2 aliphatic rings. The summed E-state index contributed by atoms with van der Waals surface area (Å²) in [5, 5.41) is 0. The molecule has 5 heteroatoms. The minimum absolute atomic E-state index is 0.0214. The van der Waals surface area contributed by atoms with Crippen LogP contribution in [0.5, 0.6) is 0 Å². The maximum Gasteiger partial charge on any atom is 0.272 e. The third kappa shape index (κ3) is 4.02. The maximum absolute atomic E-state index is 12.6. The Morgan fingerprint density at radius 3 is 2.87 bits per heavy atom. The van der Waals surface area contributed by atoms with Gasteiger partial charge in [-0.25, -0.2) is 0 Å². The van der Waals surface area contributed by atoms with Crippen LogP contribution in [0.2, 0.25) is 0 Å². The lowest BCUT2D eigenvalue weighted by atomic mass is 9.97. The zero-order valence-corrected chi connectivity index (χ0v) is 14.2. The number of carbonyl (C=O) groups excluding carboxylic acids is 1. The molecule has 0 spiro atoms. The van der Waals surface area contributed by atoms with Crippen LogP contribution in [0.4, 0.5) is 5.69 Å². The van der Waals surface area contributed by atoms with Gasteiger partial charge in [0.05, 0.1) is 13.2 Å². The van der Waals surface area contributed by atoms with E-state index in [1.807, 2.05) is 17.0 Å². The molecule has 1 aromatic rings. The zero-order valence-electron chi connectivity index (χ0n) is 14.2. The van der Waals surface area contributed by atoms with Gasteiger partial charge in [-0.05, 0) is 36.8 Å². The van der Waals surface area contributed by atoms with Crippen LogP contribution in [0.3, 0.4) is 0 Å². The molecule has 0 aliphatic carbocycles. The molecule has 3 rings (SSSR count). The fourth-order valence-corrected chi connectivity index (χ4v) is 3.59. The van der Waals surface area contributed by atoms with Crippen LogP contribution in [-0.4, -0.2) is 55.2 Å². The second-order valence-electron chi connectivity index (χ2n) is 7.03. The van der Waals surface area contributed by atoms with Gasteiger partial charge < -0.3 is 14.5 Å². The van der Waals surface area contributed by atoms with Crippen molar-refractivity contribution in [2.45, 2.75) is 26.7 Å². The highest BCUT2D eigenvalue weighted by atomic mass is 16.5. The smallest absolute Gasteiger partial charge is 0.272 e. The van der Waals surface area contributed by atoms with Gasteiger partial charge in [0.1, 0.15) is 5.69 Å². The highest BCUT2D eigenvalue weighted by Gasteiger charge is 2.25. The van der Waals surface area contributed by atoms with Gasteiger partial charge in [0.15, 0.2) is 0 Å². The first kappa shape index (κ1) is 16.2. The summed E-state index contributed by atoms with van der Waals surface area (Å²) in [5.74, 6) is 1.53. The lowest BCUT2D eigenvalue weighted by molar-refractivity contribution is 0.0299. The lowest BCUT2D eigenvalue weighted by Gasteiger charge is -2.27. The Morgan fingerprint density at radius 2 is 2.13 bits per heavy atom. The summed E-state index contributed by atoms with van der Waals surface area (Å²) in [7, 11) is 0. The van der Waals surface area contributed by atoms with Crippen LogP contribution < -0.4 is 4.90 Å². The number of anilines is 1. The largest absolute Gasteiger partial charge is 0.378 e. The minimum Gasteiger partial charge on any atom is -0.378 e. The summed E-state index contributed by atoms with van der Waals surface area (Å²) >= 11 is 0. The summed E-state index contributed by atoms with van der Waals surface area (Å²) in [6, 6.07) is 3.98. The van der Waals surface area contributed by atoms with Crippen LogP contribution in [0, 0.1) is 11.8 Å². The molecule has 0 N–H and O–H groups in total. The van der Waals surface area contributed by atoms with E-state index >= 15 is 0 Å². The van der Waals surface area contributed by atoms with Gasteiger partial charge in [-0.3, -0.25) is 9.78 Å². The Bertz CT molecular complexity index is 541. The molecular weight excluding hydrogens is 290 g/mol. The number of morpholine rings is 1. The molecule has 1 amide bonds. The van der Waals surface area contributed by atoms with Gasteiger partial charge in [0.2, 0.25) is 0 Å². The number of carbonyl (C=O) groups is 1. The molecule has 1 atom stereocenters. The third-order valence-corrected chi connectivity index (χ3v) is 4.72. The molecule has 5 nitrogen and oxygen atoms in total. The lowest BCUT2D eigenvalue weighted by Crippen LogP contribution is -2.41. The fraction of sp³-hybridized carbons (Fsp3) is 0.667. The zero-order chi connectivity index (χ0) is 16.2. The SMILES string of the molecule is CC(C)CC1CCN(c2ccnc(C(=O)N3CCOCC3)c2)C1. The van der Waals surface area contributed by atoms with Gasteiger partial charge in [-0.1, -0.05) is 13.8 Å². The molecule has 126 valence electrons. The van der Waals surface area contributed by atoms with Gasteiger partial charge in [0.25, 0.3) is 5.91 Å². The Balaban J connectivity index is 1.67. The molecule has 0 aromatic carbocycles. The Morgan fingerprint density at radius 1 is 1.35 bits per heavy atom. The molecule has 0 saturated carbocycles. The molecule has 23 heavy (non-hydrogen) atoms. The minimum atomic E-state index is 0.0214. The average Bonchev–Trinajstić information content (AvgIpc) is 3.03. The van der Waals surface area contributed by atoms with E-state index in [4.69, 9.17) is 4.74 Å². The van der Waals surface area contributed by atoms with Crippen molar-refractivity contribution in [3.05, 3.63) is 24.0 Å². The number of amides is 1. The van der Waals surface area contributed by atoms with Gasteiger partial charge in [0, 0.05) is 38.1 Å². The molecule has 2 aliphatic heterocycles. The first-order valence-corrected chi connectivity index (χ1v) is 8.71. The van der Waals surface area contributed by atoms with Crippen molar-refractivity contribution in [1.82, 2.24) is 9.88 Å². The first-order valence-electron chi connectivity index (χ1n) is 8.71. The van der Waals surface area contributed by atoms with Gasteiger partial charge >= 0.3 is 0 Å². The highest BCUT2D eigenvalue weighted by molar-refractivity contribution is 5.93. The summed E-state index contributed by atoms with van der Waals surface area (Å²) in [4.78, 5) is 21.1. The number of hydrogen-bond donors (Lipinski definition) is 0. The Hall–Kier alpha value is -1.62. The van der Waals surface area contributed by atoms with Crippen molar-refractivity contribution in [2.24, 2.45) is 11.8 Å². The molecule has 1 unspecified atom stereocenters. The molecular formula is C18H27N3O2. The van der Waals surface area contributed by atoms with E-state index in [9.17, 15) is 4.79 Å². The van der Waals surface area contributed by atoms with E-state index in [1.165, 1.54) is 12.8 Å². The van der Waals surface area contributed by atoms with Crippen LogP contribution in [0.15, 0.2) is 18.3 Å². The summed E-state index contributed by atoms with van der Waals surface area (Å²) in [5.41, 5.74) is 1.68. The molecule has 1 aromatic heterocycles. The summed E-state index contributed by atoms with van der Waals surface area (Å²) in [6.45, 7) is 9.29. The second kappa shape index (κ2) is 7.30. The van der Waals surface area contributed by atoms with Crippen LogP contribution in [0.25, 0.3) is 0 Å².